The highest BCUT2D eigenvalue weighted by atomic mass is 35.5. The zero-order chi connectivity index (χ0) is 21.7. The van der Waals surface area contributed by atoms with E-state index in [9.17, 15) is 13.2 Å². The standard InChI is InChI=1S/C20H17Cl2N3O3S2/c1-14(19-8-5-11-29-19)23-24-20(26)13-25(15-9-10-17(21)18(22)12-15)30(27,28)16-6-3-2-4-7-16/h2-12H,13H2,1H3,(H,24,26). The molecule has 0 aliphatic rings. The van der Waals surface area contributed by atoms with E-state index < -0.39 is 22.5 Å². The summed E-state index contributed by atoms with van der Waals surface area (Å²) in [6.45, 7) is 1.26. The van der Waals surface area contributed by atoms with E-state index in [0.29, 0.717) is 5.71 Å². The highest BCUT2D eigenvalue weighted by Crippen LogP contribution is 2.30. The molecule has 0 aliphatic carbocycles. The number of nitrogens with zero attached hydrogens (tertiary/aromatic N) is 2. The van der Waals surface area contributed by atoms with Crippen LogP contribution in [0.25, 0.3) is 0 Å². The molecule has 1 N–H and O–H groups in total. The van der Waals surface area contributed by atoms with Crippen LogP contribution in [0.1, 0.15) is 11.8 Å². The molecule has 2 aromatic carbocycles. The number of hydrogen-bond donors (Lipinski definition) is 1. The maximum absolute atomic E-state index is 13.2. The van der Waals surface area contributed by atoms with Crippen LogP contribution in [-0.2, 0) is 14.8 Å². The largest absolute Gasteiger partial charge is 0.271 e. The first kappa shape index (κ1) is 22.3. The van der Waals surface area contributed by atoms with E-state index in [1.54, 1.807) is 25.1 Å². The van der Waals surface area contributed by atoms with Crippen molar-refractivity contribution in [3.63, 3.8) is 0 Å². The molecule has 6 nitrogen and oxygen atoms in total. The van der Waals surface area contributed by atoms with Gasteiger partial charge in [-0.05, 0) is 48.7 Å². The number of hydrogen-bond acceptors (Lipinski definition) is 5. The van der Waals surface area contributed by atoms with E-state index in [0.717, 1.165) is 9.18 Å². The third kappa shape index (κ3) is 5.20. The van der Waals surface area contributed by atoms with Gasteiger partial charge in [-0.3, -0.25) is 9.10 Å². The second-order valence-corrected chi connectivity index (χ2v) is 9.76. The Labute approximate surface area is 188 Å². The van der Waals surface area contributed by atoms with Crippen LogP contribution in [0.2, 0.25) is 10.0 Å². The van der Waals surface area contributed by atoms with E-state index in [1.165, 1.54) is 41.7 Å². The zero-order valence-electron chi connectivity index (χ0n) is 15.7. The van der Waals surface area contributed by atoms with E-state index in [2.05, 4.69) is 10.5 Å². The Morgan fingerprint density at radius 1 is 1.07 bits per heavy atom. The average molecular weight is 482 g/mol. The molecule has 0 atom stereocenters. The van der Waals surface area contributed by atoms with Crippen molar-refractivity contribution < 1.29 is 13.2 Å². The summed E-state index contributed by atoms with van der Waals surface area (Å²) in [5.74, 6) is -0.600. The van der Waals surface area contributed by atoms with Crippen LogP contribution in [0, 0.1) is 0 Å². The molecule has 1 heterocycles. The van der Waals surface area contributed by atoms with E-state index in [1.807, 2.05) is 17.5 Å². The third-order valence-corrected chi connectivity index (χ3v) is 7.54. The summed E-state index contributed by atoms with van der Waals surface area (Å²) in [4.78, 5) is 13.5. The molecule has 10 heteroatoms. The summed E-state index contributed by atoms with van der Waals surface area (Å²) in [7, 11) is -4.04. The number of nitrogens with one attached hydrogen (secondary N) is 1. The molecule has 3 aromatic rings. The van der Waals surface area contributed by atoms with Crippen molar-refractivity contribution in [2.75, 3.05) is 10.8 Å². The number of carbonyl (C=O) groups excluding carboxylic acids is 1. The van der Waals surface area contributed by atoms with Crippen molar-refractivity contribution in [1.29, 1.82) is 0 Å². The molecule has 30 heavy (non-hydrogen) atoms. The third-order valence-electron chi connectivity index (χ3n) is 4.04. The first-order valence-electron chi connectivity index (χ1n) is 8.69. The fraction of sp³-hybridized carbons (Fsp3) is 0.100. The molecule has 0 spiro atoms. The predicted molar refractivity (Wildman–Crippen MR) is 122 cm³/mol. The molecular formula is C20H17Cl2N3O3S2. The maximum Gasteiger partial charge on any atom is 0.264 e. The normalized spacial score (nSPS) is 11.9. The highest BCUT2D eigenvalue weighted by Gasteiger charge is 2.27. The molecular weight excluding hydrogens is 465 g/mol. The quantitative estimate of drug-likeness (QED) is 0.389. The summed E-state index contributed by atoms with van der Waals surface area (Å²) >= 11 is 13.5. The van der Waals surface area contributed by atoms with Crippen molar-refractivity contribution in [3.05, 3.63) is 81.0 Å². The number of rotatable bonds is 7. The SMILES string of the molecule is CC(=NNC(=O)CN(c1ccc(Cl)c(Cl)c1)S(=O)(=O)c1ccccc1)c1cccs1. The van der Waals surface area contributed by atoms with Crippen LogP contribution in [0.5, 0.6) is 0 Å². The smallest absolute Gasteiger partial charge is 0.264 e. The Hall–Kier alpha value is -2.39. The number of sulfonamides is 1. The molecule has 1 aromatic heterocycles. The van der Waals surface area contributed by atoms with Gasteiger partial charge in [0.1, 0.15) is 6.54 Å². The predicted octanol–water partition coefficient (Wildman–Crippen LogP) is 4.79. The van der Waals surface area contributed by atoms with Crippen molar-refractivity contribution in [2.24, 2.45) is 5.10 Å². The topological polar surface area (TPSA) is 78.8 Å². The van der Waals surface area contributed by atoms with Crippen LogP contribution in [-0.4, -0.2) is 26.6 Å². The van der Waals surface area contributed by atoms with E-state index in [4.69, 9.17) is 23.2 Å². The van der Waals surface area contributed by atoms with Crippen molar-refractivity contribution in [3.8, 4) is 0 Å². The summed E-state index contributed by atoms with van der Waals surface area (Å²) in [5, 5.41) is 6.41. The lowest BCUT2D eigenvalue weighted by Gasteiger charge is -2.24. The molecule has 3 rings (SSSR count). The summed E-state index contributed by atoms with van der Waals surface area (Å²) < 4.78 is 27.4. The fourth-order valence-corrected chi connectivity index (χ4v) is 4.93. The number of halogens is 2. The Kier molecular flexibility index (Phi) is 7.14. The number of thiophene rings is 1. The van der Waals surface area contributed by atoms with Gasteiger partial charge in [0.2, 0.25) is 0 Å². The minimum atomic E-state index is -4.04. The number of carbonyl (C=O) groups is 1. The van der Waals surface area contributed by atoms with Gasteiger partial charge in [-0.1, -0.05) is 47.5 Å². The molecule has 0 saturated heterocycles. The summed E-state index contributed by atoms with van der Waals surface area (Å²) in [5.41, 5.74) is 3.24. The lowest BCUT2D eigenvalue weighted by Crippen LogP contribution is -2.39. The minimum absolute atomic E-state index is 0.0436. The molecule has 0 fully saturated rings. The Morgan fingerprint density at radius 3 is 2.43 bits per heavy atom. The lowest BCUT2D eigenvalue weighted by atomic mass is 10.3. The number of benzene rings is 2. The molecule has 0 radical (unpaired) electrons. The van der Waals surface area contributed by atoms with Gasteiger partial charge in [0.15, 0.2) is 0 Å². The molecule has 0 bridgehead atoms. The van der Waals surface area contributed by atoms with Gasteiger partial charge < -0.3 is 0 Å². The van der Waals surface area contributed by atoms with Gasteiger partial charge in [-0.25, -0.2) is 13.8 Å². The molecule has 1 amide bonds. The first-order valence-corrected chi connectivity index (χ1v) is 11.8. The first-order chi connectivity index (χ1) is 14.3. The lowest BCUT2D eigenvalue weighted by molar-refractivity contribution is -0.119. The number of hydrazone groups is 1. The van der Waals surface area contributed by atoms with E-state index >= 15 is 0 Å². The van der Waals surface area contributed by atoms with Crippen molar-refractivity contribution >= 4 is 61.9 Å². The molecule has 0 aliphatic heterocycles. The van der Waals surface area contributed by atoms with Gasteiger partial charge in [0.25, 0.3) is 15.9 Å². The summed E-state index contributed by atoms with van der Waals surface area (Å²) in [6.07, 6.45) is 0. The van der Waals surface area contributed by atoms with Gasteiger partial charge >= 0.3 is 0 Å². The van der Waals surface area contributed by atoms with Gasteiger partial charge in [-0.2, -0.15) is 5.10 Å². The fourth-order valence-electron chi connectivity index (χ4n) is 2.53. The highest BCUT2D eigenvalue weighted by molar-refractivity contribution is 7.92. The van der Waals surface area contributed by atoms with E-state index in [-0.39, 0.29) is 20.6 Å². The van der Waals surface area contributed by atoms with Gasteiger partial charge in [-0.15, -0.1) is 11.3 Å². The molecule has 0 saturated carbocycles. The number of amides is 1. The van der Waals surface area contributed by atoms with Crippen molar-refractivity contribution in [1.82, 2.24) is 5.43 Å². The van der Waals surface area contributed by atoms with Gasteiger partial charge in [0, 0.05) is 4.88 Å². The van der Waals surface area contributed by atoms with Crippen LogP contribution in [0.4, 0.5) is 5.69 Å². The van der Waals surface area contributed by atoms with Crippen LogP contribution >= 0.6 is 34.5 Å². The minimum Gasteiger partial charge on any atom is -0.271 e. The molecule has 0 unspecified atom stereocenters. The number of anilines is 1. The van der Waals surface area contributed by atoms with Crippen LogP contribution in [0.3, 0.4) is 0 Å². The maximum atomic E-state index is 13.2. The summed E-state index contributed by atoms with van der Waals surface area (Å²) in [6, 6.07) is 15.9. The average Bonchev–Trinajstić information content (AvgIpc) is 3.28. The zero-order valence-corrected chi connectivity index (χ0v) is 18.9. The Morgan fingerprint density at radius 2 is 1.80 bits per heavy atom. The monoisotopic (exact) mass is 481 g/mol. The second kappa shape index (κ2) is 9.61. The van der Waals surface area contributed by atoms with Crippen LogP contribution < -0.4 is 9.73 Å². The molecule has 156 valence electrons. The second-order valence-electron chi connectivity index (χ2n) is 6.13. The van der Waals surface area contributed by atoms with Crippen molar-refractivity contribution in [2.45, 2.75) is 11.8 Å². The Balaban J connectivity index is 1.90. The van der Waals surface area contributed by atoms with Gasteiger partial charge in [0.05, 0.1) is 26.3 Å². The van der Waals surface area contributed by atoms with Crippen LogP contribution in [0.15, 0.2) is 76.0 Å². The Bertz CT molecular complexity index is 1170.